The van der Waals surface area contributed by atoms with E-state index in [1.165, 1.54) is 12.8 Å². The third-order valence-electron chi connectivity index (χ3n) is 5.00. The van der Waals surface area contributed by atoms with E-state index in [1.54, 1.807) is 4.31 Å². The zero-order valence-corrected chi connectivity index (χ0v) is 13.7. The third kappa shape index (κ3) is 3.96. The van der Waals surface area contributed by atoms with Crippen molar-refractivity contribution < 1.29 is 8.42 Å². The zero-order chi connectivity index (χ0) is 14.9. The number of piperidine rings is 1. The van der Waals surface area contributed by atoms with Crippen LogP contribution in [0, 0.1) is 5.92 Å². The first-order chi connectivity index (χ1) is 10.1. The number of nitrogens with zero attached hydrogens (tertiary/aromatic N) is 2. The Balaban J connectivity index is 1.48. The fraction of sp³-hybridized carbons (Fsp3) is 1.00. The molecular formula is C14H28N4O2S. The summed E-state index contributed by atoms with van der Waals surface area (Å²) in [4.78, 5) is 2.44. The van der Waals surface area contributed by atoms with Gasteiger partial charge in [-0.15, -0.1) is 0 Å². The van der Waals surface area contributed by atoms with Gasteiger partial charge in [-0.05, 0) is 51.6 Å². The Labute approximate surface area is 128 Å². The Hall–Kier alpha value is -0.210. The Morgan fingerprint density at radius 2 is 1.76 bits per heavy atom. The smallest absolute Gasteiger partial charge is 0.279 e. The van der Waals surface area contributed by atoms with Crippen LogP contribution in [0.4, 0.5) is 0 Å². The Morgan fingerprint density at radius 3 is 2.38 bits per heavy atom. The van der Waals surface area contributed by atoms with E-state index in [4.69, 9.17) is 0 Å². The topological polar surface area (TPSA) is 64.7 Å². The minimum Gasteiger partial charge on any atom is -0.319 e. The van der Waals surface area contributed by atoms with Gasteiger partial charge < -0.3 is 5.32 Å². The maximum absolute atomic E-state index is 12.5. The van der Waals surface area contributed by atoms with E-state index in [0.29, 0.717) is 19.0 Å². The normalized spacial score (nSPS) is 30.0. The van der Waals surface area contributed by atoms with Gasteiger partial charge in [0.2, 0.25) is 0 Å². The second-order valence-electron chi connectivity index (χ2n) is 6.73. The van der Waals surface area contributed by atoms with E-state index in [0.717, 1.165) is 44.9 Å². The highest BCUT2D eigenvalue weighted by Crippen LogP contribution is 2.30. The molecule has 1 saturated carbocycles. The van der Waals surface area contributed by atoms with E-state index in [2.05, 4.69) is 14.9 Å². The summed E-state index contributed by atoms with van der Waals surface area (Å²) in [6, 6.07) is 0.836. The molecule has 1 aliphatic carbocycles. The Bertz CT molecular complexity index is 444. The van der Waals surface area contributed by atoms with Gasteiger partial charge in [-0.2, -0.15) is 17.4 Å². The van der Waals surface area contributed by atoms with Gasteiger partial charge in [-0.1, -0.05) is 0 Å². The average Bonchev–Trinajstić information content (AvgIpc) is 3.21. The van der Waals surface area contributed by atoms with Crippen LogP contribution < -0.4 is 10.0 Å². The van der Waals surface area contributed by atoms with E-state index >= 15 is 0 Å². The lowest BCUT2D eigenvalue weighted by atomic mass is 9.98. The molecule has 6 nitrogen and oxygen atoms in total. The maximum atomic E-state index is 12.5. The summed E-state index contributed by atoms with van der Waals surface area (Å²) >= 11 is 0. The largest absolute Gasteiger partial charge is 0.319 e. The second-order valence-corrected chi connectivity index (χ2v) is 8.44. The quantitative estimate of drug-likeness (QED) is 0.723. The summed E-state index contributed by atoms with van der Waals surface area (Å²) in [5, 5.41) is 3.18. The molecule has 3 rings (SSSR count). The summed E-state index contributed by atoms with van der Waals surface area (Å²) in [7, 11) is -1.34. The van der Waals surface area contributed by atoms with Crippen molar-refractivity contribution in [2.45, 2.75) is 44.2 Å². The molecule has 0 spiro atoms. The molecule has 2 saturated heterocycles. The lowest BCUT2D eigenvalue weighted by Crippen LogP contribution is -2.49. The Morgan fingerprint density at radius 1 is 1.05 bits per heavy atom. The average molecular weight is 316 g/mol. The van der Waals surface area contributed by atoms with Crippen LogP contribution in [-0.2, 0) is 10.2 Å². The standard InChI is InChI=1S/C14H28N4O2S/c1-15-10-12-4-8-18(9-5-12)21(19,20)16-13-6-7-17(11-13)14-2-3-14/h12-16H,2-11H2,1H3. The van der Waals surface area contributed by atoms with Gasteiger partial charge in [0.25, 0.3) is 10.2 Å². The predicted molar refractivity (Wildman–Crippen MR) is 83.3 cm³/mol. The van der Waals surface area contributed by atoms with E-state index in [1.807, 2.05) is 7.05 Å². The van der Waals surface area contributed by atoms with Crippen molar-refractivity contribution in [3.63, 3.8) is 0 Å². The van der Waals surface area contributed by atoms with Gasteiger partial charge in [0.1, 0.15) is 0 Å². The molecule has 1 atom stereocenters. The van der Waals surface area contributed by atoms with Crippen LogP contribution in [-0.4, -0.2) is 69.5 Å². The van der Waals surface area contributed by atoms with Crippen LogP contribution in [0.25, 0.3) is 0 Å². The highest BCUT2D eigenvalue weighted by molar-refractivity contribution is 7.87. The van der Waals surface area contributed by atoms with Crippen LogP contribution in [0.5, 0.6) is 0 Å². The first kappa shape index (κ1) is 15.7. The third-order valence-corrected chi connectivity index (χ3v) is 6.68. The molecule has 0 bridgehead atoms. The van der Waals surface area contributed by atoms with Crippen molar-refractivity contribution in [2.75, 3.05) is 39.8 Å². The van der Waals surface area contributed by atoms with Gasteiger partial charge in [-0.3, -0.25) is 4.90 Å². The Kier molecular flexibility index (Phi) is 4.85. The number of nitrogens with one attached hydrogen (secondary N) is 2. The molecule has 2 N–H and O–H groups in total. The van der Waals surface area contributed by atoms with Crippen molar-refractivity contribution >= 4 is 10.2 Å². The molecule has 2 aliphatic heterocycles. The second kappa shape index (κ2) is 6.50. The summed E-state index contributed by atoms with van der Waals surface area (Å²) in [6.45, 7) is 4.23. The zero-order valence-electron chi connectivity index (χ0n) is 12.9. The maximum Gasteiger partial charge on any atom is 0.279 e. The van der Waals surface area contributed by atoms with Crippen LogP contribution in [0.3, 0.4) is 0 Å². The highest BCUT2D eigenvalue weighted by Gasteiger charge is 2.37. The van der Waals surface area contributed by atoms with Gasteiger partial charge in [-0.25, -0.2) is 0 Å². The van der Waals surface area contributed by atoms with Crippen LogP contribution in [0.15, 0.2) is 0 Å². The van der Waals surface area contributed by atoms with Gasteiger partial charge in [0, 0.05) is 38.3 Å². The van der Waals surface area contributed by atoms with Crippen molar-refractivity contribution in [1.82, 2.24) is 19.2 Å². The number of rotatable bonds is 6. The fourth-order valence-corrected chi connectivity index (χ4v) is 5.04. The molecule has 1 unspecified atom stereocenters. The van der Waals surface area contributed by atoms with Crippen molar-refractivity contribution in [1.29, 1.82) is 0 Å². The number of hydrogen-bond donors (Lipinski definition) is 2. The van der Waals surface area contributed by atoms with Crippen molar-refractivity contribution in [3.8, 4) is 0 Å². The molecule has 0 radical (unpaired) electrons. The van der Waals surface area contributed by atoms with E-state index in [-0.39, 0.29) is 6.04 Å². The number of hydrogen-bond acceptors (Lipinski definition) is 4. The molecule has 0 amide bonds. The molecule has 0 aromatic rings. The van der Waals surface area contributed by atoms with Crippen LogP contribution in [0.1, 0.15) is 32.1 Å². The minimum atomic E-state index is -3.30. The fourth-order valence-electron chi connectivity index (χ4n) is 3.58. The molecule has 3 fully saturated rings. The summed E-state index contributed by atoms with van der Waals surface area (Å²) < 4.78 is 29.5. The van der Waals surface area contributed by atoms with Gasteiger partial charge >= 0.3 is 0 Å². The SMILES string of the molecule is CNCC1CCN(S(=O)(=O)NC2CCN(C3CC3)C2)CC1. The lowest BCUT2D eigenvalue weighted by molar-refractivity contribution is 0.266. The first-order valence-corrected chi connectivity index (χ1v) is 9.68. The molecule has 0 aromatic carbocycles. The van der Waals surface area contributed by atoms with Crippen molar-refractivity contribution in [3.05, 3.63) is 0 Å². The van der Waals surface area contributed by atoms with Crippen LogP contribution >= 0.6 is 0 Å². The monoisotopic (exact) mass is 316 g/mol. The molecule has 122 valence electrons. The highest BCUT2D eigenvalue weighted by atomic mass is 32.2. The lowest BCUT2D eigenvalue weighted by Gasteiger charge is -2.32. The number of likely N-dealkylation sites (tertiary alicyclic amines) is 1. The first-order valence-electron chi connectivity index (χ1n) is 8.24. The summed E-state index contributed by atoms with van der Waals surface area (Å²) in [5.41, 5.74) is 0. The predicted octanol–water partition coefficient (Wildman–Crippen LogP) is -0.0111. The molecular weight excluding hydrogens is 288 g/mol. The molecule has 7 heteroatoms. The summed E-state index contributed by atoms with van der Waals surface area (Å²) in [5.74, 6) is 0.610. The summed E-state index contributed by atoms with van der Waals surface area (Å²) in [6.07, 6.45) is 5.45. The van der Waals surface area contributed by atoms with E-state index in [9.17, 15) is 8.42 Å². The van der Waals surface area contributed by atoms with Gasteiger partial charge in [0.05, 0.1) is 0 Å². The molecule has 3 aliphatic rings. The minimum absolute atomic E-state index is 0.102. The van der Waals surface area contributed by atoms with Crippen molar-refractivity contribution in [2.24, 2.45) is 5.92 Å². The van der Waals surface area contributed by atoms with Crippen LogP contribution in [0.2, 0.25) is 0 Å². The molecule has 0 aromatic heterocycles. The van der Waals surface area contributed by atoms with E-state index < -0.39 is 10.2 Å². The van der Waals surface area contributed by atoms with Gasteiger partial charge in [0.15, 0.2) is 0 Å². The molecule has 21 heavy (non-hydrogen) atoms. The molecule has 2 heterocycles.